The van der Waals surface area contributed by atoms with Gasteiger partial charge in [0.1, 0.15) is 85.2 Å². The molecule has 2 aromatic rings. The number of nitrogens with two attached hydrogens (primary N) is 2. The number of benzene rings is 2. The number of rotatable bonds is 16. The Morgan fingerprint density at radius 1 is 0.626 bits per heavy atom. The number of aromatic hydroxyl groups is 4. The number of primary amides is 2. The molecule has 27 nitrogen and oxygen atoms in total. The maximum atomic E-state index is 13.8. The summed E-state index contributed by atoms with van der Waals surface area (Å²) in [6.45, 7) is 10.9. The molecule has 11 N–H and O–H groups in total. The number of methoxy groups -OCH3 is 4. The average Bonchev–Trinajstić information content (AvgIpc) is 1.55. The summed E-state index contributed by atoms with van der Waals surface area (Å²) in [7, 11) is 5.57. The lowest BCUT2D eigenvalue weighted by atomic mass is 9.87. The maximum Gasteiger partial charge on any atom is 0.405 e. The van der Waals surface area contributed by atoms with Crippen LogP contribution in [0.3, 0.4) is 0 Å². The highest BCUT2D eigenvalue weighted by Gasteiger charge is 2.33. The van der Waals surface area contributed by atoms with Crippen molar-refractivity contribution in [3.63, 3.8) is 0 Å². The molecule has 0 aliphatic carbocycles. The van der Waals surface area contributed by atoms with E-state index in [1.54, 1.807) is 52.8 Å². The van der Waals surface area contributed by atoms with Crippen molar-refractivity contribution in [3.05, 3.63) is 94.2 Å². The Hall–Kier alpha value is -8.73. The number of allylic oxidation sites excluding steroid dienone is 4. The molecule has 4 rings (SSSR count). The van der Waals surface area contributed by atoms with Crippen LogP contribution in [0.5, 0.6) is 23.0 Å². The zero-order valence-corrected chi connectivity index (χ0v) is 53.3. The monoisotopic (exact) mass is 1270 g/mol. The minimum absolute atomic E-state index is 0.0184. The molecular formula is C64H86N6O21. The van der Waals surface area contributed by atoms with Gasteiger partial charge < -0.3 is 90.3 Å². The summed E-state index contributed by atoms with van der Waals surface area (Å²) in [6, 6.07) is 2.18. The molecule has 0 fully saturated rings. The van der Waals surface area contributed by atoms with Crippen molar-refractivity contribution < 1.29 is 102 Å². The number of fused-ring (bicyclic) bond motifs is 4. The molecule has 0 saturated carbocycles. The first-order valence-electron chi connectivity index (χ1n) is 29.1. The lowest BCUT2D eigenvalue weighted by molar-refractivity contribution is -0.153. The first-order valence-corrected chi connectivity index (χ1v) is 29.1. The number of aliphatic hydroxyl groups is 1. The number of hydrogen-bond acceptors (Lipinski definition) is 23. The molecule has 4 amide bonds. The van der Waals surface area contributed by atoms with Crippen LogP contribution >= 0.6 is 0 Å². The molecule has 2 aliphatic rings. The molecule has 11 unspecified atom stereocenters. The van der Waals surface area contributed by atoms with E-state index in [9.17, 15) is 59.1 Å². The van der Waals surface area contributed by atoms with Crippen LogP contribution in [0.4, 0.5) is 32.3 Å². The molecule has 2 heterocycles. The molecule has 0 spiro atoms. The second-order valence-corrected chi connectivity index (χ2v) is 22.2. The molecule has 27 heteroatoms. The molecule has 0 saturated heterocycles. The van der Waals surface area contributed by atoms with Gasteiger partial charge >= 0.3 is 24.1 Å². The number of anilines is 2. The molecule has 91 heavy (non-hydrogen) atoms. The summed E-state index contributed by atoms with van der Waals surface area (Å²) in [5.41, 5.74) is 11.5. The third-order valence-electron chi connectivity index (χ3n) is 14.9. The summed E-state index contributed by atoms with van der Waals surface area (Å²) in [5.74, 6) is -7.36. The van der Waals surface area contributed by atoms with Crippen molar-refractivity contribution in [2.24, 2.45) is 45.1 Å². The first kappa shape index (κ1) is 74.7. The normalized spacial score (nSPS) is 24.5. The number of carbonyl (C=O) groups is 7. The number of nitrogens with zero attached hydrogens (tertiary/aromatic N) is 2. The Morgan fingerprint density at radius 2 is 1.10 bits per heavy atom. The number of ketones is 1. The van der Waals surface area contributed by atoms with Gasteiger partial charge in [-0.25, -0.2) is 19.2 Å². The standard InChI is InChI=1S/C64H86N6O21/c1-33-23-41-53(45(71)29-43(57(41)77)69-61(79)35(3)15-13-17-47(83-9)59(90-63(65)81)39(7)27-37(5)55(75)49(25-33)85-11)67-19-21-88-51(73)31-87-32-52(74)89-22-20-68-54-42-24-34(2)26-50(86-12)56(76)38(6)28-40(8)60(91-64(66)82)48(84-10)18-14-16-36(4)62(80)70-44(58(42)78)30-46(54)72/h13-20,27-30,33-34,37,40,47-50,55,59-60,71-72,75,77-78H,21-26,31-32H2,1-12H3,(H2,65,81)(H2,66,82)(H,69,79)(H,70,80). The van der Waals surface area contributed by atoms with Crippen molar-refractivity contribution in [3.8, 4) is 23.0 Å². The summed E-state index contributed by atoms with van der Waals surface area (Å²) < 4.78 is 49.0. The molecule has 11 atom stereocenters. The van der Waals surface area contributed by atoms with Gasteiger partial charge in [-0.15, -0.1) is 0 Å². The second-order valence-electron chi connectivity index (χ2n) is 22.2. The highest BCUT2D eigenvalue weighted by atomic mass is 16.6. The number of nitrogens with one attached hydrogen (secondary N) is 2. The van der Waals surface area contributed by atoms with Crippen LogP contribution in [0.1, 0.15) is 79.4 Å². The van der Waals surface area contributed by atoms with E-state index in [0.717, 1.165) is 24.6 Å². The van der Waals surface area contributed by atoms with Gasteiger partial charge in [-0.2, -0.15) is 0 Å². The number of esters is 2. The van der Waals surface area contributed by atoms with E-state index in [1.165, 1.54) is 72.7 Å². The van der Waals surface area contributed by atoms with Crippen LogP contribution in [0.25, 0.3) is 0 Å². The fraction of sp³-hybridized carbons (Fsp3) is 0.484. The molecule has 0 aromatic heterocycles. The number of hydrogen-bond donors (Lipinski definition) is 9. The van der Waals surface area contributed by atoms with E-state index in [1.807, 2.05) is 6.92 Å². The summed E-state index contributed by atoms with van der Waals surface area (Å²) in [4.78, 5) is 98.5. The number of amides is 4. The van der Waals surface area contributed by atoms with Gasteiger partial charge in [0.15, 0.2) is 11.9 Å². The van der Waals surface area contributed by atoms with Crippen molar-refractivity contribution in [1.29, 1.82) is 0 Å². The lowest BCUT2D eigenvalue weighted by Gasteiger charge is -2.29. The molecule has 4 bridgehead atoms. The molecule has 2 aromatic carbocycles. The number of ether oxygens (including phenoxy) is 9. The predicted octanol–water partition coefficient (Wildman–Crippen LogP) is 6.85. The number of carbonyl (C=O) groups excluding carboxylic acids is 7. The lowest BCUT2D eigenvalue weighted by Crippen LogP contribution is -2.38. The molecule has 498 valence electrons. The Balaban J connectivity index is 1.47. The van der Waals surface area contributed by atoms with Crippen molar-refractivity contribution in [1.82, 2.24) is 0 Å². The minimum Gasteiger partial charge on any atom is -0.506 e. The quantitative estimate of drug-likeness (QED) is 0.0207. The predicted molar refractivity (Wildman–Crippen MR) is 336 cm³/mol. The smallest absolute Gasteiger partial charge is 0.405 e. The van der Waals surface area contributed by atoms with Gasteiger partial charge in [0, 0.05) is 87.1 Å². The van der Waals surface area contributed by atoms with Crippen molar-refractivity contribution in [2.75, 3.05) is 65.5 Å². The maximum absolute atomic E-state index is 13.8. The first-order chi connectivity index (χ1) is 43.0. The molecule has 2 aliphatic heterocycles. The fourth-order valence-corrected chi connectivity index (χ4v) is 10.2. The number of Topliss-reactive ketones (excluding diaryl/α,β-unsaturated/α-hetero) is 1. The summed E-state index contributed by atoms with van der Waals surface area (Å²) in [5, 5.41) is 62.7. The Labute approximate surface area is 528 Å². The Kier molecular flexibility index (Phi) is 29.7. The highest BCUT2D eigenvalue weighted by molar-refractivity contribution is 6.06. The molecule has 0 radical (unpaired) electrons. The van der Waals surface area contributed by atoms with Crippen LogP contribution < -0.4 is 22.1 Å². The fourth-order valence-electron chi connectivity index (χ4n) is 10.2. The second kappa shape index (κ2) is 36.2. The van der Waals surface area contributed by atoms with Crippen molar-refractivity contribution in [2.45, 2.75) is 124 Å². The van der Waals surface area contributed by atoms with Crippen LogP contribution in [-0.2, 0) is 79.4 Å². The van der Waals surface area contributed by atoms with Gasteiger partial charge in [-0.05, 0) is 76.4 Å². The largest absolute Gasteiger partial charge is 0.506 e. The van der Waals surface area contributed by atoms with E-state index < -0.39 is 146 Å². The highest BCUT2D eigenvalue weighted by Crippen LogP contribution is 2.46. The number of aliphatic hydroxyl groups excluding tert-OH is 1. The van der Waals surface area contributed by atoms with Crippen LogP contribution in [0.2, 0.25) is 0 Å². The Morgan fingerprint density at radius 3 is 1.55 bits per heavy atom. The van der Waals surface area contributed by atoms with Gasteiger partial charge in [-0.1, -0.05) is 76.3 Å². The zero-order valence-electron chi connectivity index (χ0n) is 53.3. The zero-order chi connectivity index (χ0) is 67.8. The SMILES string of the molecule is COC1CC(C)Cc2c(O)c(cc(O)c2N=CCOC(=O)COCC(=O)OCC=Nc2c(O)cc3c(O)c2CC(C)CC(OC)C(O)C(C)C=C(C)C(OC(N)=O)C(OC)C=CC=C(C)C(=O)N3)NC(=O)C(C)=CC=CC(OC)C(OC(N)=O)C(C)C=C(C)C1=O. The number of phenols is 4. The van der Waals surface area contributed by atoms with E-state index in [2.05, 4.69) is 20.6 Å². The summed E-state index contributed by atoms with van der Waals surface area (Å²) >= 11 is 0. The third-order valence-corrected chi connectivity index (χ3v) is 14.9. The van der Waals surface area contributed by atoms with Crippen LogP contribution in [0, 0.1) is 23.7 Å². The topological polar surface area (TPSA) is 405 Å². The summed E-state index contributed by atoms with van der Waals surface area (Å²) in [6.07, 6.45) is 6.16. The van der Waals surface area contributed by atoms with E-state index in [-0.39, 0.29) is 88.0 Å². The number of phenolic OH excluding ortho intramolecular Hbond substituents is 4. The minimum atomic E-state index is -1.09. The van der Waals surface area contributed by atoms with Gasteiger partial charge in [-0.3, -0.25) is 24.4 Å². The van der Waals surface area contributed by atoms with Crippen LogP contribution in [-0.4, -0.2) is 177 Å². The van der Waals surface area contributed by atoms with Gasteiger partial charge in [0.25, 0.3) is 11.8 Å². The Bertz CT molecular complexity index is 3180. The number of aliphatic imine (C=N–C) groups is 2. The van der Waals surface area contributed by atoms with Gasteiger partial charge in [0.2, 0.25) is 0 Å². The van der Waals surface area contributed by atoms with E-state index in [4.69, 9.17) is 54.1 Å². The van der Waals surface area contributed by atoms with Gasteiger partial charge in [0.05, 0.1) is 23.6 Å². The van der Waals surface area contributed by atoms with E-state index >= 15 is 0 Å². The molecular weight excluding hydrogens is 1190 g/mol. The average molecular weight is 1280 g/mol. The van der Waals surface area contributed by atoms with Crippen LogP contribution in [0.15, 0.2) is 93.0 Å². The van der Waals surface area contributed by atoms with E-state index in [0.29, 0.717) is 5.57 Å². The van der Waals surface area contributed by atoms with Crippen molar-refractivity contribution >= 4 is 76.9 Å². The third kappa shape index (κ3) is 22.3.